The van der Waals surface area contributed by atoms with E-state index in [0.717, 1.165) is 56.3 Å². The molecule has 0 aromatic heterocycles. The minimum atomic E-state index is -0.768. The Morgan fingerprint density at radius 1 is 0.450 bits per heavy atom. The zero-order valence-corrected chi connectivity index (χ0v) is 25.8. The van der Waals surface area contributed by atoms with Gasteiger partial charge in [-0.2, -0.15) is 0 Å². The molecular weight excluding hydrogens is 506 g/mol. The molecule has 40 heavy (non-hydrogen) atoms. The zero-order valence-electron chi connectivity index (χ0n) is 25.8. The van der Waals surface area contributed by atoms with Crippen molar-refractivity contribution in [2.45, 2.75) is 155 Å². The Morgan fingerprint density at radius 2 is 0.750 bits per heavy atom. The maximum atomic E-state index is 11.0. The van der Waals surface area contributed by atoms with Crippen LogP contribution in [0, 0.1) is 0 Å². The second-order valence-corrected chi connectivity index (χ2v) is 11.7. The fourth-order valence-electron chi connectivity index (χ4n) is 5.54. The van der Waals surface area contributed by atoms with E-state index in [-0.39, 0.29) is 19.3 Å². The molecule has 0 aromatic rings. The van der Waals surface area contributed by atoms with Crippen molar-refractivity contribution in [3.8, 4) is 0 Å². The summed E-state index contributed by atoms with van der Waals surface area (Å²) in [6, 6.07) is 0. The van der Waals surface area contributed by atoms with Crippen molar-refractivity contribution in [1.82, 2.24) is 0 Å². The summed E-state index contributed by atoms with van der Waals surface area (Å²) in [6.45, 7) is 5.93. The van der Waals surface area contributed by atoms with Crippen LogP contribution in [0.3, 0.4) is 0 Å². The number of carbonyl (C=O) groups is 3. The quantitative estimate of drug-likeness (QED) is 0.0438. The van der Waals surface area contributed by atoms with Crippen molar-refractivity contribution in [3.05, 3.63) is 12.2 Å². The first-order valence-corrected chi connectivity index (χ1v) is 16.5. The molecule has 0 unspecified atom stereocenters. The highest BCUT2D eigenvalue weighted by Crippen LogP contribution is 2.20. The van der Waals surface area contributed by atoms with E-state index in [4.69, 9.17) is 15.3 Å². The van der Waals surface area contributed by atoms with Gasteiger partial charge in [0.1, 0.15) is 0 Å². The summed E-state index contributed by atoms with van der Waals surface area (Å²) in [7, 11) is 0. The Labute approximate surface area is 245 Å². The molecule has 0 atom stereocenters. The molecule has 0 aliphatic carbocycles. The molecule has 0 spiro atoms. The van der Waals surface area contributed by atoms with Crippen LogP contribution in [0.15, 0.2) is 12.2 Å². The maximum absolute atomic E-state index is 11.0. The van der Waals surface area contributed by atoms with Crippen molar-refractivity contribution in [1.29, 1.82) is 0 Å². The highest BCUT2D eigenvalue weighted by atomic mass is 16.4. The Morgan fingerprint density at radius 3 is 1.10 bits per heavy atom. The van der Waals surface area contributed by atoms with Gasteiger partial charge in [0, 0.05) is 19.3 Å². The molecule has 0 bridgehead atoms. The van der Waals surface area contributed by atoms with Crippen molar-refractivity contribution in [3.63, 3.8) is 0 Å². The predicted octanol–water partition coefficient (Wildman–Crippen LogP) is 8.61. The average molecular weight is 569 g/mol. The SMILES string of the molecule is CCCCC/C=C/CCCCCCCCCCC[N+](CCCCC(=O)O)(CCCCC(=O)O)CCCCC(=O)O. The summed E-state index contributed by atoms with van der Waals surface area (Å²) in [4.78, 5) is 33.0. The number of allylic oxidation sites excluding steroid dienone is 2. The Balaban J connectivity index is 4.44. The molecule has 0 fully saturated rings. The molecule has 0 heterocycles. The molecule has 234 valence electrons. The second-order valence-electron chi connectivity index (χ2n) is 11.7. The summed E-state index contributed by atoms with van der Waals surface area (Å²) in [6.07, 6.45) is 27.4. The molecule has 0 aliphatic rings. The fraction of sp³-hybridized carbons (Fsp3) is 0.848. The van der Waals surface area contributed by atoms with Gasteiger partial charge in [0.25, 0.3) is 0 Å². The molecule has 7 nitrogen and oxygen atoms in total. The van der Waals surface area contributed by atoms with E-state index >= 15 is 0 Å². The van der Waals surface area contributed by atoms with Crippen LogP contribution in [-0.4, -0.2) is 63.9 Å². The van der Waals surface area contributed by atoms with Gasteiger partial charge >= 0.3 is 17.9 Å². The van der Waals surface area contributed by atoms with Crippen LogP contribution in [0.25, 0.3) is 0 Å². The lowest BCUT2D eigenvalue weighted by molar-refractivity contribution is -0.929. The molecule has 7 heteroatoms. The maximum Gasteiger partial charge on any atom is 0.303 e. The Kier molecular flexibility index (Phi) is 26.0. The third-order valence-corrected chi connectivity index (χ3v) is 7.96. The molecule has 0 aromatic carbocycles. The van der Waals surface area contributed by atoms with Crippen molar-refractivity contribution < 1.29 is 34.2 Å². The number of nitrogens with zero attached hydrogens (tertiary/aromatic N) is 1. The van der Waals surface area contributed by atoms with Crippen LogP contribution >= 0.6 is 0 Å². The highest BCUT2D eigenvalue weighted by Gasteiger charge is 2.26. The van der Waals surface area contributed by atoms with Crippen LogP contribution in [0.5, 0.6) is 0 Å². The predicted molar refractivity (Wildman–Crippen MR) is 164 cm³/mol. The third-order valence-electron chi connectivity index (χ3n) is 7.96. The molecule has 0 saturated carbocycles. The van der Waals surface area contributed by atoms with Gasteiger partial charge in [0.05, 0.1) is 26.2 Å². The number of carboxylic acid groups (broad SMARTS) is 3. The van der Waals surface area contributed by atoms with E-state index in [1.807, 2.05) is 0 Å². The summed E-state index contributed by atoms with van der Waals surface area (Å²) in [5.74, 6) is -2.30. The normalized spacial score (nSPS) is 11.8. The van der Waals surface area contributed by atoms with Gasteiger partial charge in [0.15, 0.2) is 0 Å². The summed E-state index contributed by atoms with van der Waals surface area (Å²) < 4.78 is 0.867. The van der Waals surface area contributed by atoms with Crippen LogP contribution in [0.1, 0.15) is 155 Å². The lowest BCUT2D eigenvalue weighted by Gasteiger charge is -2.39. The number of aliphatic carboxylic acids is 3. The number of hydrogen-bond donors (Lipinski definition) is 3. The summed E-state index contributed by atoms with van der Waals surface area (Å²) in [5, 5.41) is 27.1. The first kappa shape index (κ1) is 38.1. The number of unbranched alkanes of at least 4 members (excludes halogenated alkanes) is 15. The van der Waals surface area contributed by atoms with Gasteiger partial charge in [-0.1, -0.05) is 70.4 Å². The molecule has 0 saturated heterocycles. The minimum Gasteiger partial charge on any atom is -0.481 e. The largest absolute Gasteiger partial charge is 0.481 e. The van der Waals surface area contributed by atoms with Crippen molar-refractivity contribution in [2.24, 2.45) is 0 Å². The summed E-state index contributed by atoms with van der Waals surface area (Å²) >= 11 is 0. The minimum absolute atomic E-state index is 0.174. The van der Waals surface area contributed by atoms with Crippen LogP contribution in [-0.2, 0) is 14.4 Å². The van der Waals surface area contributed by atoms with E-state index in [1.165, 1.54) is 83.5 Å². The molecule has 0 radical (unpaired) electrons. The van der Waals surface area contributed by atoms with Crippen LogP contribution in [0.4, 0.5) is 0 Å². The number of rotatable bonds is 31. The molecule has 3 N–H and O–H groups in total. The molecule has 0 amide bonds. The van der Waals surface area contributed by atoms with Gasteiger partial charge in [-0.25, -0.2) is 0 Å². The zero-order chi connectivity index (χ0) is 29.7. The molecule has 0 rings (SSSR count). The topological polar surface area (TPSA) is 112 Å². The van der Waals surface area contributed by atoms with E-state index in [0.29, 0.717) is 19.3 Å². The first-order valence-electron chi connectivity index (χ1n) is 16.5. The standard InChI is InChI=1S/C33H61NO6/c1-2-3-4-5-6-7-8-9-10-11-12-13-14-15-16-20-27-34(28-21-17-24-31(35)36,29-22-18-25-32(37)38)30-23-19-26-33(39)40/h6-7H,2-5,8-30H2,1H3,(H2-,35,36,37,38,39,40)/p+1/b7-6+. The van der Waals surface area contributed by atoms with Gasteiger partial charge in [-0.05, 0) is 77.0 Å². The molecular formula is C33H62NO6+. The van der Waals surface area contributed by atoms with Gasteiger partial charge < -0.3 is 19.8 Å². The van der Waals surface area contributed by atoms with Gasteiger partial charge in [-0.3, -0.25) is 14.4 Å². The van der Waals surface area contributed by atoms with Crippen LogP contribution in [0.2, 0.25) is 0 Å². The number of hydrogen-bond acceptors (Lipinski definition) is 3. The fourth-order valence-corrected chi connectivity index (χ4v) is 5.54. The third kappa shape index (κ3) is 26.3. The molecule has 0 aliphatic heterocycles. The number of carboxylic acids is 3. The Bertz CT molecular complexity index is 608. The number of quaternary nitrogens is 1. The lowest BCUT2D eigenvalue weighted by atomic mass is 10.0. The highest BCUT2D eigenvalue weighted by molar-refractivity contribution is 5.67. The van der Waals surface area contributed by atoms with Gasteiger partial charge in [-0.15, -0.1) is 0 Å². The monoisotopic (exact) mass is 568 g/mol. The van der Waals surface area contributed by atoms with E-state index in [1.54, 1.807) is 0 Å². The lowest BCUT2D eigenvalue weighted by Crippen LogP contribution is -2.51. The van der Waals surface area contributed by atoms with Crippen molar-refractivity contribution in [2.75, 3.05) is 26.2 Å². The van der Waals surface area contributed by atoms with E-state index < -0.39 is 17.9 Å². The van der Waals surface area contributed by atoms with Crippen LogP contribution < -0.4 is 0 Å². The smallest absolute Gasteiger partial charge is 0.303 e. The first-order chi connectivity index (χ1) is 19.3. The van der Waals surface area contributed by atoms with E-state index in [2.05, 4.69) is 19.1 Å². The van der Waals surface area contributed by atoms with E-state index in [9.17, 15) is 14.4 Å². The van der Waals surface area contributed by atoms with Gasteiger partial charge in [0.2, 0.25) is 0 Å². The Hall–Kier alpha value is -1.89. The van der Waals surface area contributed by atoms with Crippen molar-refractivity contribution >= 4 is 17.9 Å². The average Bonchev–Trinajstić information content (AvgIpc) is 2.91. The second kappa shape index (κ2) is 27.3. The summed E-state index contributed by atoms with van der Waals surface area (Å²) in [5.41, 5.74) is 0.